The summed E-state index contributed by atoms with van der Waals surface area (Å²) in [6.45, 7) is 6.69. The average molecular weight is 296 g/mol. The molecule has 0 aliphatic carbocycles. The molecule has 1 aromatic heterocycles. The van der Waals surface area contributed by atoms with Crippen molar-refractivity contribution in [2.24, 2.45) is 5.73 Å². The Bertz CT molecular complexity index is 441. The van der Waals surface area contributed by atoms with Crippen LogP contribution < -0.4 is 11.1 Å². The Balaban J connectivity index is 2.39. The first-order valence-corrected chi connectivity index (χ1v) is 7.94. The minimum Gasteiger partial charge on any atom is -0.368 e. The molecule has 0 spiro atoms. The molecule has 5 nitrogen and oxygen atoms in total. The van der Waals surface area contributed by atoms with Gasteiger partial charge in [0.15, 0.2) is 5.16 Å². The minimum absolute atomic E-state index is 0.289. The number of amides is 1. The van der Waals surface area contributed by atoms with E-state index in [0.717, 1.165) is 42.4 Å². The third-order valence-corrected chi connectivity index (χ3v) is 4.08. The van der Waals surface area contributed by atoms with Gasteiger partial charge in [-0.1, -0.05) is 18.7 Å². The molecule has 1 aromatic rings. The highest BCUT2D eigenvalue weighted by molar-refractivity contribution is 7.99. The summed E-state index contributed by atoms with van der Waals surface area (Å²) in [6.07, 6.45) is 4.36. The summed E-state index contributed by atoms with van der Waals surface area (Å²) in [5.41, 5.74) is 5.84. The zero-order valence-electron chi connectivity index (χ0n) is 12.5. The van der Waals surface area contributed by atoms with E-state index < -0.39 is 5.54 Å². The lowest BCUT2D eigenvalue weighted by atomic mass is 9.95. The van der Waals surface area contributed by atoms with Gasteiger partial charge in [-0.05, 0) is 45.7 Å². The molecule has 0 aromatic carbocycles. The van der Waals surface area contributed by atoms with Crippen LogP contribution in [0.3, 0.4) is 0 Å². The van der Waals surface area contributed by atoms with Gasteiger partial charge in [-0.3, -0.25) is 4.79 Å². The van der Waals surface area contributed by atoms with E-state index >= 15 is 0 Å². The van der Waals surface area contributed by atoms with Crippen molar-refractivity contribution in [3.05, 3.63) is 18.0 Å². The Morgan fingerprint density at radius 1 is 1.55 bits per heavy atom. The molecule has 20 heavy (non-hydrogen) atoms. The molecule has 1 atom stereocenters. The molecule has 0 fully saturated rings. The standard InChI is InChI=1S/C14H24N4OS/c1-4-8-17-14(3,12(15)19)7-5-10-20-13-16-9-6-11(2)18-13/h6,9,17H,4-5,7-8,10H2,1-3H3,(H2,15,19). The Morgan fingerprint density at radius 2 is 2.30 bits per heavy atom. The number of thioether (sulfide) groups is 1. The summed E-state index contributed by atoms with van der Waals surface area (Å²) in [5, 5.41) is 4.02. The summed E-state index contributed by atoms with van der Waals surface area (Å²) in [7, 11) is 0. The molecular weight excluding hydrogens is 272 g/mol. The van der Waals surface area contributed by atoms with Crippen molar-refractivity contribution < 1.29 is 4.79 Å². The maximum absolute atomic E-state index is 11.6. The van der Waals surface area contributed by atoms with E-state index in [0.29, 0.717) is 0 Å². The summed E-state index contributed by atoms with van der Waals surface area (Å²) in [4.78, 5) is 20.1. The highest BCUT2D eigenvalue weighted by Crippen LogP contribution is 2.18. The first kappa shape index (κ1) is 16.9. The summed E-state index contributed by atoms with van der Waals surface area (Å²) in [6, 6.07) is 1.88. The molecule has 0 bridgehead atoms. The van der Waals surface area contributed by atoms with Gasteiger partial charge in [0, 0.05) is 17.6 Å². The molecule has 112 valence electrons. The number of carbonyl (C=O) groups is 1. The van der Waals surface area contributed by atoms with Gasteiger partial charge in [0.1, 0.15) is 0 Å². The fourth-order valence-electron chi connectivity index (χ4n) is 1.78. The fraction of sp³-hybridized carbons (Fsp3) is 0.643. The normalized spacial score (nSPS) is 13.9. The molecule has 0 saturated carbocycles. The van der Waals surface area contributed by atoms with Crippen molar-refractivity contribution in [2.45, 2.75) is 50.7 Å². The van der Waals surface area contributed by atoms with Gasteiger partial charge < -0.3 is 11.1 Å². The van der Waals surface area contributed by atoms with Crippen LogP contribution in [0.5, 0.6) is 0 Å². The second-order valence-electron chi connectivity index (χ2n) is 5.06. The number of hydrogen-bond donors (Lipinski definition) is 2. The van der Waals surface area contributed by atoms with Gasteiger partial charge in [-0.2, -0.15) is 0 Å². The van der Waals surface area contributed by atoms with Crippen molar-refractivity contribution >= 4 is 17.7 Å². The number of carbonyl (C=O) groups excluding carboxylic acids is 1. The van der Waals surface area contributed by atoms with Gasteiger partial charge in [-0.15, -0.1) is 0 Å². The van der Waals surface area contributed by atoms with E-state index in [4.69, 9.17) is 5.73 Å². The van der Waals surface area contributed by atoms with Gasteiger partial charge >= 0.3 is 0 Å². The lowest BCUT2D eigenvalue weighted by molar-refractivity contribution is -0.124. The van der Waals surface area contributed by atoms with Gasteiger partial charge in [0.2, 0.25) is 5.91 Å². The number of aromatic nitrogens is 2. The fourth-order valence-corrected chi connectivity index (χ4v) is 2.60. The second kappa shape index (κ2) is 8.21. The van der Waals surface area contributed by atoms with E-state index in [1.165, 1.54) is 0 Å². The number of rotatable bonds is 9. The van der Waals surface area contributed by atoms with Gasteiger partial charge in [0.05, 0.1) is 5.54 Å². The van der Waals surface area contributed by atoms with Crippen LogP contribution >= 0.6 is 11.8 Å². The third-order valence-electron chi connectivity index (χ3n) is 3.13. The number of nitrogens with one attached hydrogen (secondary N) is 1. The van der Waals surface area contributed by atoms with Gasteiger partial charge in [0.25, 0.3) is 0 Å². The van der Waals surface area contributed by atoms with Crippen LogP contribution in [-0.4, -0.2) is 33.7 Å². The molecule has 1 rings (SSSR count). The molecule has 1 unspecified atom stereocenters. The molecule has 0 aliphatic rings. The Labute approximate surface area is 125 Å². The molecule has 0 aliphatic heterocycles. The lowest BCUT2D eigenvalue weighted by Crippen LogP contribution is -2.53. The maximum Gasteiger partial charge on any atom is 0.237 e. The second-order valence-corrected chi connectivity index (χ2v) is 6.12. The SMILES string of the molecule is CCCNC(C)(CCCSc1nccc(C)n1)C(N)=O. The van der Waals surface area contributed by atoms with Crippen molar-refractivity contribution in [3.63, 3.8) is 0 Å². The molecule has 1 amide bonds. The van der Waals surface area contributed by atoms with Crippen LogP contribution in [0.4, 0.5) is 0 Å². The van der Waals surface area contributed by atoms with Crippen LogP contribution in [0.25, 0.3) is 0 Å². The molecule has 0 saturated heterocycles. The quantitative estimate of drug-likeness (QED) is 0.413. The average Bonchev–Trinajstić information content (AvgIpc) is 2.41. The van der Waals surface area contributed by atoms with Crippen LogP contribution in [0, 0.1) is 6.92 Å². The molecule has 1 heterocycles. The zero-order chi connectivity index (χ0) is 15.0. The van der Waals surface area contributed by atoms with E-state index in [-0.39, 0.29) is 5.91 Å². The first-order chi connectivity index (χ1) is 9.48. The third kappa shape index (κ3) is 5.46. The van der Waals surface area contributed by atoms with Crippen LogP contribution in [0.15, 0.2) is 17.4 Å². The minimum atomic E-state index is -0.621. The summed E-state index contributed by atoms with van der Waals surface area (Å²) in [5.74, 6) is 0.586. The summed E-state index contributed by atoms with van der Waals surface area (Å²) >= 11 is 1.61. The van der Waals surface area contributed by atoms with E-state index in [1.807, 2.05) is 19.9 Å². The summed E-state index contributed by atoms with van der Waals surface area (Å²) < 4.78 is 0. The highest BCUT2D eigenvalue weighted by atomic mass is 32.2. The van der Waals surface area contributed by atoms with E-state index in [9.17, 15) is 4.79 Å². The molecule has 3 N–H and O–H groups in total. The van der Waals surface area contributed by atoms with Crippen molar-refractivity contribution in [1.82, 2.24) is 15.3 Å². The molecule has 0 radical (unpaired) electrons. The zero-order valence-corrected chi connectivity index (χ0v) is 13.3. The van der Waals surface area contributed by atoms with Crippen LogP contribution in [0.1, 0.15) is 38.8 Å². The van der Waals surface area contributed by atoms with Crippen LogP contribution in [0.2, 0.25) is 0 Å². The Hall–Kier alpha value is -1.14. The smallest absolute Gasteiger partial charge is 0.237 e. The first-order valence-electron chi connectivity index (χ1n) is 6.95. The Morgan fingerprint density at radius 3 is 2.90 bits per heavy atom. The number of nitrogens with zero attached hydrogens (tertiary/aromatic N) is 2. The number of aryl methyl sites for hydroxylation is 1. The maximum atomic E-state index is 11.6. The predicted molar refractivity (Wildman–Crippen MR) is 82.6 cm³/mol. The van der Waals surface area contributed by atoms with Crippen molar-refractivity contribution in [1.29, 1.82) is 0 Å². The van der Waals surface area contributed by atoms with Crippen LogP contribution in [-0.2, 0) is 4.79 Å². The largest absolute Gasteiger partial charge is 0.368 e. The number of hydrogen-bond acceptors (Lipinski definition) is 5. The predicted octanol–water partition coefficient (Wildman–Crippen LogP) is 1.90. The monoisotopic (exact) mass is 296 g/mol. The molecular formula is C14H24N4OS. The number of nitrogens with two attached hydrogens (primary N) is 1. The van der Waals surface area contributed by atoms with Crippen molar-refractivity contribution in [3.8, 4) is 0 Å². The Kier molecular flexibility index (Phi) is 6.95. The highest BCUT2D eigenvalue weighted by Gasteiger charge is 2.29. The molecule has 6 heteroatoms. The topological polar surface area (TPSA) is 80.9 Å². The van der Waals surface area contributed by atoms with Crippen molar-refractivity contribution in [2.75, 3.05) is 12.3 Å². The van der Waals surface area contributed by atoms with Gasteiger partial charge in [-0.25, -0.2) is 9.97 Å². The van der Waals surface area contributed by atoms with E-state index in [2.05, 4.69) is 22.2 Å². The number of primary amides is 1. The van der Waals surface area contributed by atoms with E-state index in [1.54, 1.807) is 18.0 Å². The lowest BCUT2D eigenvalue weighted by Gasteiger charge is -2.27.